The van der Waals surface area contributed by atoms with Gasteiger partial charge in [0.15, 0.2) is 0 Å². The zero-order valence-corrected chi connectivity index (χ0v) is 16.1. The van der Waals surface area contributed by atoms with Gasteiger partial charge in [-0.2, -0.15) is 0 Å². The molecule has 1 aromatic heterocycles. The molecule has 1 saturated heterocycles. The number of carbonyl (C=O) groups excluding carboxylic acids is 2. The molecule has 9 nitrogen and oxygen atoms in total. The molecule has 1 fully saturated rings. The summed E-state index contributed by atoms with van der Waals surface area (Å²) in [5.74, 6) is -1.43. The first kappa shape index (κ1) is 20.4. The first-order valence-electron chi connectivity index (χ1n) is 9.23. The summed E-state index contributed by atoms with van der Waals surface area (Å²) in [5.41, 5.74) is 0.157. The molecule has 2 atom stereocenters. The minimum absolute atomic E-state index is 0.131. The standard InChI is InChI=1S/C20H22N2O7/c1-11(19(25)22-7-3-4-15(22)20(26)27)21-17(23)8-12-9-18(24)29-16-10-13(28-2)5-6-14(12)16/h5-6,9-11,15H,3-4,7-8H2,1-2H3,(H,21,23)(H,26,27)/t11-,15-/m0/s1. The van der Waals surface area contributed by atoms with Crippen LogP contribution in [0.1, 0.15) is 25.3 Å². The highest BCUT2D eigenvalue weighted by molar-refractivity contribution is 5.92. The Hall–Kier alpha value is -3.36. The molecule has 2 N–H and O–H groups in total. The summed E-state index contributed by atoms with van der Waals surface area (Å²) < 4.78 is 10.3. The summed E-state index contributed by atoms with van der Waals surface area (Å²) in [4.78, 5) is 49.4. The molecule has 29 heavy (non-hydrogen) atoms. The van der Waals surface area contributed by atoms with E-state index in [0.717, 1.165) is 0 Å². The van der Waals surface area contributed by atoms with Crippen LogP contribution < -0.4 is 15.7 Å². The number of aliphatic carboxylic acids is 1. The summed E-state index contributed by atoms with van der Waals surface area (Å²) in [7, 11) is 1.49. The minimum Gasteiger partial charge on any atom is -0.497 e. The van der Waals surface area contributed by atoms with E-state index in [-0.39, 0.29) is 6.42 Å². The number of likely N-dealkylation sites (tertiary alicyclic amines) is 1. The van der Waals surface area contributed by atoms with Crippen molar-refractivity contribution < 1.29 is 28.6 Å². The van der Waals surface area contributed by atoms with Crippen molar-refractivity contribution in [2.75, 3.05) is 13.7 Å². The highest BCUT2D eigenvalue weighted by Gasteiger charge is 2.36. The van der Waals surface area contributed by atoms with Crippen molar-refractivity contribution in [1.82, 2.24) is 10.2 Å². The molecule has 0 radical (unpaired) electrons. The molecule has 1 aromatic carbocycles. The van der Waals surface area contributed by atoms with E-state index in [4.69, 9.17) is 9.15 Å². The van der Waals surface area contributed by atoms with Crippen LogP contribution in [0.4, 0.5) is 0 Å². The Bertz CT molecular complexity index is 1010. The highest BCUT2D eigenvalue weighted by Crippen LogP contribution is 2.23. The van der Waals surface area contributed by atoms with E-state index in [1.807, 2.05) is 0 Å². The van der Waals surface area contributed by atoms with E-state index in [0.29, 0.717) is 41.7 Å². The van der Waals surface area contributed by atoms with E-state index < -0.39 is 35.5 Å². The van der Waals surface area contributed by atoms with Gasteiger partial charge in [0.25, 0.3) is 0 Å². The van der Waals surface area contributed by atoms with Gasteiger partial charge in [0.2, 0.25) is 11.8 Å². The fraction of sp³-hybridized carbons (Fsp3) is 0.400. The van der Waals surface area contributed by atoms with Crippen LogP contribution in [0, 0.1) is 0 Å². The number of hydrogen-bond acceptors (Lipinski definition) is 6. The average Bonchev–Trinajstić information content (AvgIpc) is 3.16. The number of carbonyl (C=O) groups is 3. The SMILES string of the molecule is COc1ccc2c(CC(=O)N[C@@H](C)C(=O)N3CCC[C@H]3C(=O)O)cc(=O)oc2c1. The molecule has 0 saturated carbocycles. The van der Waals surface area contributed by atoms with Gasteiger partial charge in [-0.15, -0.1) is 0 Å². The Morgan fingerprint density at radius 1 is 1.34 bits per heavy atom. The lowest BCUT2D eigenvalue weighted by molar-refractivity contribution is -0.149. The molecular weight excluding hydrogens is 380 g/mol. The van der Waals surface area contributed by atoms with Crippen LogP contribution in [-0.4, -0.2) is 53.5 Å². The Labute approximate surface area is 166 Å². The van der Waals surface area contributed by atoms with E-state index in [1.54, 1.807) is 18.2 Å². The number of ether oxygens (including phenoxy) is 1. The first-order valence-corrected chi connectivity index (χ1v) is 9.23. The van der Waals surface area contributed by atoms with Gasteiger partial charge < -0.3 is 24.5 Å². The van der Waals surface area contributed by atoms with Gasteiger partial charge in [-0.25, -0.2) is 9.59 Å². The largest absolute Gasteiger partial charge is 0.497 e. The summed E-state index contributed by atoms with van der Waals surface area (Å²) in [5, 5.41) is 12.4. The van der Waals surface area contributed by atoms with Crippen LogP contribution in [0.15, 0.2) is 33.5 Å². The Morgan fingerprint density at radius 3 is 2.79 bits per heavy atom. The molecule has 154 valence electrons. The zero-order chi connectivity index (χ0) is 21.1. The fourth-order valence-electron chi connectivity index (χ4n) is 3.55. The third kappa shape index (κ3) is 4.39. The molecule has 0 aliphatic carbocycles. The van der Waals surface area contributed by atoms with Gasteiger partial charge >= 0.3 is 11.6 Å². The van der Waals surface area contributed by atoms with Crippen molar-refractivity contribution in [3.05, 3.63) is 40.2 Å². The van der Waals surface area contributed by atoms with Crippen molar-refractivity contribution in [1.29, 1.82) is 0 Å². The second kappa shape index (κ2) is 8.34. The second-order valence-electron chi connectivity index (χ2n) is 6.95. The van der Waals surface area contributed by atoms with Crippen molar-refractivity contribution in [2.45, 2.75) is 38.3 Å². The van der Waals surface area contributed by atoms with Gasteiger partial charge in [0.1, 0.15) is 23.4 Å². The third-order valence-corrected chi connectivity index (χ3v) is 4.96. The predicted octanol–water partition coefficient (Wildman–Crippen LogP) is 0.924. The van der Waals surface area contributed by atoms with Crippen molar-refractivity contribution in [3.63, 3.8) is 0 Å². The minimum atomic E-state index is -1.05. The van der Waals surface area contributed by atoms with Gasteiger partial charge in [-0.1, -0.05) is 0 Å². The second-order valence-corrected chi connectivity index (χ2v) is 6.95. The molecule has 0 unspecified atom stereocenters. The maximum Gasteiger partial charge on any atom is 0.336 e. The number of nitrogens with zero attached hydrogens (tertiary/aromatic N) is 1. The van der Waals surface area contributed by atoms with Crippen LogP contribution >= 0.6 is 0 Å². The number of nitrogens with one attached hydrogen (secondary N) is 1. The van der Waals surface area contributed by atoms with Crippen LogP contribution in [0.5, 0.6) is 5.75 Å². The van der Waals surface area contributed by atoms with Crippen molar-refractivity contribution >= 4 is 28.8 Å². The molecule has 1 aliphatic rings. The van der Waals surface area contributed by atoms with Crippen molar-refractivity contribution in [2.24, 2.45) is 0 Å². The van der Waals surface area contributed by atoms with E-state index in [2.05, 4.69) is 5.32 Å². The number of rotatable bonds is 6. The summed E-state index contributed by atoms with van der Waals surface area (Å²) >= 11 is 0. The first-order chi connectivity index (χ1) is 13.8. The molecule has 3 rings (SSSR count). The lowest BCUT2D eigenvalue weighted by Crippen LogP contribution is -2.50. The quantitative estimate of drug-likeness (QED) is 0.688. The van der Waals surface area contributed by atoms with Gasteiger partial charge in [-0.3, -0.25) is 9.59 Å². The summed E-state index contributed by atoms with van der Waals surface area (Å²) in [6.07, 6.45) is 0.879. The average molecular weight is 402 g/mol. The molecule has 2 heterocycles. The third-order valence-electron chi connectivity index (χ3n) is 4.96. The molecule has 2 amide bonds. The summed E-state index contributed by atoms with van der Waals surface area (Å²) in [6.45, 7) is 1.86. The van der Waals surface area contributed by atoms with Gasteiger partial charge in [0.05, 0.1) is 13.5 Å². The topological polar surface area (TPSA) is 126 Å². The van der Waals surface area contributed by atoms with E-state index in [9.17, 15) is 24.3 Å². The number of fused-ring (bicyclic) bond motifs is 1. The number of methoxy groups -OCH3 is 1. The number of carboxylic acid groups (broad SMARTS) is 1. The Balaban J connectivity index is 1.73. The van der Waals surface area contributed by atoms with Crippen LogP contribution in [0.3, 0.4) is 0 Å². The fourth-order valence-corrected chi connectivity index (χ4v) is 3.55. The molecule has 9 heteroatoms. The lowest BCUT2D eigenvalue weighted by atomic mass is 10.1. The molecule has 0 spiro atoms. The van der Waals surface area contributed by atoms with E-state index >= 15 is 0 Å². The predicted molar refractivity (Wildman–Crippen MR) is 103 cm³/mol. The molecule has 1 aliphatic heterocycles. The van der Waals surface area contributed by atoms with Crippen LogP contribution in [-0.2, 0) is 20.8 Å². The number of hydrogen-bond donors (Lipinski definition) is 2. The van der Waals surface area contributed by atoms with Crippen LogP contribution in [0.2, 0.25) is 0 Å². The van der Waals surface area contributed by atoms with Gasteiger partial charge in [-0.05, 0) is 37.5 Å². The van der Waals surface area contributed by atoms with Crippen LogP contribution in [0.25, 0.3) is 11.0 Å². The normalized spacial score (nSPS) is 17.2. The maximum atomic E-state index is 12.6. The van der Waals surface area contributed by atoms with Gasteiger partial charge in [0, 0.05) is 24.1 Å². The maximum absolute atomic E-state index is 12.6. The zero-order valence-electron chi connectivity index (χ0n) is 16.1. The summed E-state index contributed by atoms with van der Waals surface area (Å²) in [6, 6.07) is 4.44. The van der Waals surface area contributed by atoms with E-state index in [1.165, 1.54) is 25.0 Å². The Morgan fingerprint density at radius 2 is 2.10 bits per heavy atom. The smallest absolute Gasteiger partial charge is 0.336 e. The van der Waals surface area contributed by atoms with Crippen molar-refractivity contribution in [3.8, 4) is 5.75 Å². The number of carboxylic acids is 1. The number of amides is 2. The Kier molecular flexibility index (Phi) is 5.86. The number of benzene rings is 1. The molecular formula is C20H22N2O7. The highest BCUT2D eigenvalue weighted by atomic mass is 16.5. The molecule has 0 bridgehead atoms. The monoisotopic (exact) mass is 402 g/mol. The molecule has 2 aromatic rings. The lowest BCUT2D eigenvalue weighted by Gasteiger charge is -2.25.